The number of aromatic nitrogens is 4. The summed E-state index contributed by atoms with van der Waals surface area (Å²) in [5.74, 6) is 1.47. The molecule has 0 radical (unpaired) electrons. The van der Waals surface area contributed by atoms with Gasteiger partial charge in [-0.15, -0.1) is 0 Å². The second kappa shape index (κ2) is 6.53. The zero-order valence-corrected chi connectivity index (χ0v) is 15.4. The van der Waals surface area contributed by atoms with Crippen LogP contribution in [0.5, 0.6) is 5.75 Å². The van der Waals surface area contributed by atoms with Crippen molar-refractivity contribution < 1.29 is 4.74 Å². The van der Waals surface area contributed by atoms with Gasteiger partial charge in [-0.2, -0.15) is 10.1 Å². The number of rotatable bonds is 3. The molecule has 5 rings (SSSR count). The molecule has 1 aliphatic rings. The molecule has 140 valence electrons. The Morgan fingerprint density at radius 1 is 1.11 bits per heavy atom. The predicted octanol–water partition coefficient (Wildman–Crippen LogP) is 2.68. The first-order chi connectivity index (χ1) is 13.7. The molecule has 0 bridgehead atoms. The lowest BCUT2D eigenvalue weighted by molar-refractivity contribution is 0.407. The lowest BCUT2D eigenvalue weighted by atomic mass is 9.99. The van der Waals surface area contributed by atoms with Crippen LogP contribution >= 0.6 is 0 Å². The summed E-state index contributed by atoms with van der Waals surface area (Å²) < 4.78 is 7.18. The van der Waals surface area contributed by atoms with Crippen molar-refractivity contribution in [1.29, 1.82) is 0 Å². The molecule has 3 heterocycles. The molecule has 1 aliphatic heterocycles. The van der Waals surface area contributed by atoms with Crippen LogP contribution in [-0.2, 0) is 13.0 Å². The zero-order valence-electron chi connectivity index (χ0n) is 15.4. The third-order valence-electron chi connectivity index (χ3n) is 5.17. The minimum Gasteiger partial charge on any atom is -0.496 e. The van der Waals surface area contributed by atoms with Crippen molar-refractivity contribution in [3.8, 4) is 11.4 Å². The average molecular weight is 373 g/mol. The molecule has 0 saturated heterocycles. The lowest BCUT2D eigenvalue weighted by Crippen LogP contribution is -2.33. The number of nitrogens with one attached hydrogen (secondary N) is 1. The molecule has 28 heavy (non-hydrogen) atoms. The summed E-state index contributed by atoms with van der Waals surface area (Å²) in [5.41, 5.74) is 3.65. The monoisotopic (exact) mass is 373 g/mol. The third kappa shape index (κ3) is 2.63. The number of methoxy groups -OCH3 is 1. The van der Waals surface area contributed by atoms with E-state index in [2.05, 4.69) is 21.0 Å². The summed E-state index contributed by atoms with van der Waals surface area (Å²) in [6.07, 6.45) is 2.40. The van der Waals surface area contributed by atoms with Crippen LogP contribution in [0.1, 0.15) is 11.1 Å². The Labute approximate surface area is 161 Å². The first kappa shape index (κ1) is 16.6. The molecule has 2 aromatic heterocycles. The van der Waals surface area contributed by atoms with Crippen LogP contribution < -0.4 is 15.2 Å². The van der Waals surface area contributed by atoms with Crippen molar-refractivity contribution in [1.82, 2.24) is 19.7 Å². The van der Waals surface area contributed by atoms with E-state index in [-0.39, 0.29) is 5.56 Å². The standard InChI is InChI=1S/C21H19N5O2/c1-28-18-9-5-6-14-13-25(11-10-16(14)18)21-23-19-17(20(27)24-21)12-22-26(19)15-7-3-2-4-8-15/h2-9,12H,10-11,13H2,1H3,(H,23,24,27). The van der Waals surface area contributed by atoms with Crippen LogP contribution in [-0.4, -0.2) is 33.4 Å². The van der Waals surface area contributed by atoms with E-state index in [1.807, 2.05) is 42.5 Å². The van der Waals surface area contributed by atoms with Crippen LogP contribution in [0.4, 0.5) is 5.95 Å². The number of benzene rings is 2. The molecule has 0 atom stereocenters. The number of hydrogen-bond donors (Lipinski definition) is 1. The highest BCUT2D eigenvalue weighted by Gasteiger charge is 2.22. The van der Waals surface area contributed by atoms with Gasteiger partial charge in [0.2, 0.25) is 5.95 Å². The minimum atomic E-state index is -0.182. The Bertz CT molecular complexity index is 1210. The largest absolute Gasteiger partial charge is 0.496 e. The van der Waals surface area contributed by atoms with Gasteiger partial charge in [-0.1, -0.05) is 30.3 Å². The molecule has 0 fully saturated rings. The Morgan fingerprint density at radius 2 is 1.96 bits per heavy atom. The number of aromatic amines is 1. The lowest BCUT2D eigenvalue weighted by Gasteiger charge is -2.30. The van der Waals surface area contributed by atoms with Gasteiger partial charge in [-0.05, 0) is 30.2 Å². The predicted molar refractivity (Wildman–Crippen MR) is 107 cm³/mol. The summed E-state index contributed by atoms with van der Waals surface area (Å²) in [6.45, 7) is 1.42. The van der Waals surface area contributed by atoms with E-state index in [0.29, 0.717) is 23.5 Å². The summed E-state index contributed by atoms with van der Waals surface area (Å²) >= 11 is 0. The minimum absolute atomic E-state index is 0.182. The number of anilines is 1. The molecule has 7 heteroatoms. The van der Waals surface area contributed by atoms with Crippen molar-refractivity contribution >= 4 is 17.0 Å². The van der Waals surface area contributed by atoms with E-state index in [4.69, 9.17) is 9.72 Å². The van der Waals surface area contributed by atoms with E-state index in [0.717, 1.165) is 24.4 Å². The van der Waals surface area contributed by atoms with Gasteiger partial charge < -0.3 is 9.64 Å². The molecule has 7 nitrogen and oxygen atoms in total. The highest BCUT2D eigenvalue weighted by molar-refractivity contribution is 5.76. The summed E-state index contributed by atoms with van der Waals surface area (Å²) in [4.78, 5) is 22.4. The molecule has 4 aromatic rings. The van der Waals surface area contributed by atoms with Crippen LogP contribution in [0.15, 0.2) is 59.5 Å². The van der Waals surface area contributed by atoms with E-state index in [1.165, 1.54) is 11.1 Å². The molecule has 1 N–H and O–H groups in total. The summed E-state index contributed by atoms with van der Waals surface area (Å²) in [6, 6.07) is 15.8. The maximum absolute atomic E-state index is 12.6. The van der Waals surface area contributed by atoms with Gasteiger partial charge in [-0.3, -0.25) is 9.78 Å². The van der Waals surface area contributed by atoms with Gasteiger partial charge in [0.05, 0.1) is 19.0 Å². The van der Waals surface area contributed by atoms with Gasteiger partial charge in [0, 0.05) is 18.7 Å². The van der Waals surface area contributed by atoms with Gasteiger partial charge in [0.15, 0.2) is 5.65 Å². The maximum Gasteiger partial charge on any atom is 0.263 e. The number of H-pyrrole nitrogens is 1. The van der Waals surface area contributed by atoms with Crippen LogP contribution in [0.25, 0.3) is 16.7 Å². The molecular weight excluding hydrogens is 354 g/mol. The van der Waals surface area contributed by atoms with Gasteiger partial charge >= 0.3 is 0 Å². The molecule has 0 unspecified atom stereocenters. The van der Waals surface area contributed by atoms with Gasteiger partial charge in [-0.25, -0.2) is 4.68 Å². The molecule has 2 aromatic carbocycles. The SMILES string of the molecule is COc1cccc2c1CCN(c1nc3c(cnn3-c3ccccc3)c(=O)[nH]1)C2. The van der Waals surface area contributed by atoms with Crippen molar-refractivity contribution in [2.45, 2.75) is 13.0 Å². The normalized spacial score (nSPS) is 13.5. The maximum atomic E-state index is 12.6. The fourth-order valence-electron chi connectivity index (χ4n) is 3.76. The number of ether oxygens (including phenoxy) is 1. The average Bonchev–Trinajstić information content (AvgIpc) is 3.18. The van der Waals surface area contributed by atoms with Crippen molar-refractivity contribution in [3.05, 3.63) is 76.2 Å². The van der Waals surface area contributed by atoms with Crippen LogP contribution in [0.3, 0.4) is 0 Å². The highest BCUT2D eigenvalue weighted by atomic mass is 16.5. The summed E-state index contributed by atoms with van der Waals surface area (Å²) in [7, 11) is 1.69. The Hall–Kier alpha value is -3.61. The molecule has 0 amide bonds. The van der Waals surface area contributed by atoms with Gasteiger partial charge in [0.25, 0.3) is 5.56 Å². The molecule has 0 spiro atoms. The fourth-order valence-corrected chi connectivity index (χ4v) is 3.76. The van der Waals surface area contributed by atoms with Crippen molar-refractivity contribution in [3.63, 3.8) is 0 Å². The number of hydrogen-bond acceptors (Lipinski definition) is 5. The fraction of sp³-hybridized carbons (Fsp3) is 0.190. The van der Waals surface area contributed by atoms with Crippen LogP contribution in [0, 0.1) is 0 Å². The smallest absolute Gasteiger partial charge is 0.263 e. The zero-order chi connectivity index (χ0) is 19.1. The van der Waals surface area contributed by atoms with E-state index < -0.39 is 0 Å². The van der Waals surface area contributed by atoms with Crippen LogP contribution in [0.2, 0.25) is 0 Å². The first-order valence-electron chi connectivity index (χ1n) is 9.18. The topological polar surface area (TPSA) is 76.0 Å². The Morgan fingerprint density at radius 3 is 2.79 bits per heavy atom. The highest BCUT2D eigenvalue weighted by Crippen LogP contribution is 2.29. The van der Waals surface area contributed by atoms with E-state index in [1.54, 1.807) is 18.0 Å². The number of nitrogens with zero attached hydrogens (tertiary/aromatic N) is 4. The number of para-hydroxylation sites is 1. The first-order valence-corrected chi connectivity index (χ1v) is 9.18. The second-order valence-corrected chi connectivity index (χ2v) is 6.79. The molecule has 0 saturated carbocycles. The van der Waals surface area contributed by atoms with Crippen molar-refractivity contribution in [2.75, 3.05) is 18.6 Å². The van der Waals surface area contributed by atoms with Gasteiger partial charge in [0.1, 0.15) is 11.1 Å². The Balaban J connectivity index is 1.58. The Kier molecular flexibility index (Phi) is 3.86. The molecular formula is C21H19N5O2. The van der Waals surface area contributed by atoms with Crippen molar-refractivity contribution in [2.24, 2.45) is 0 Å². The molecule has 0 aliphatic carbocycles. The summed E-state index contributed by atoms with van der Waals surface area (Å²) in [5, 5.41) is 4.85. The third-order valence-corrected chi connectivity index (χ3v) is 5.17. The van der Waals surface area contributed by atoms with E-state index in [9.17, 15) is 4.79 Å². The number of fused-ring (bicyclic) bond motifs is 2. The second-order valence-electron chi connectivity index (χ2n) is 6.79. The van der Waals surface area contributed by atoms with E-state index >= 15 is 0 Å². The quantitative estimate of drug-likeness (QED) is 0.598.